The summed E-state index contributed by atoms with van der Waals surface area (Å²) in [4.78, 5) is 18.1. The summed E-state index contributed by atoms with van der Waals surface area (Å²) in [5.41, 5.74) is 0.938. The first-order valence-corrected chi connectivity index (χ1v) is 10.6. The molecule has 0 saturated carbocycles. The standard InChI is InChI=1S/C18H16FN3O3S2/c19-14-2-1-13-9-17(26-16(13)10-14)27(24,25)21-15-5-8-22(18(15)23)11-12-3-6-20-7-4-12/h1-4,6-7,9-10,15,21H,5,8,11H2/t15-/m0/s1. The molecule has 0 aliphatic carbocycles. The molecular weight excluding hydrogens is 389 g/mol. The van der Waals surface area contributed by atoms with Crippen molar-refractivity contribution in [3.63, 3.8) is 0 Å². The number of aromatic nitrogens is 1. The molecule has 2 aromatic heterocycles. The van der Waals surface area contributed by atoms with Gasteiger partial charge < -0.3 is 4.90 Å². The first-order valence-electron chi connectivity index (χ1n) is 8.31. The molecule has 140 valence electrons. The largest absolute Gasteiger partial charge is 0.337 e. The molecule has 3 heterocycles. The molecular formula is C18H16FN3O3S2. The van der Waals surface area contributed by atoms with Crippen molar-refractivity contribution in [1.82, 2.24) is 14.6 Å². The van der Waals surface area contributed by atoms with E-state index < -0.39 is 21.9 Å². The van der Waals surface area contributed by atoms with Crippen molar-refractivity contribution in [3.05, 3.63) is 60.2 Å². The summed E-state index contributed by atoms with van der Waals surface area (Å²) in [6, 6.07) is 8.47. The Labute approximate surface area is 159 Å². The van der Waals surface area contributed by atoms with Crippen LogP contribution in [0.2, 0.25) is 0 Å². The number of carbonyl (C=O) groups excluding carboxylic acids is 1. The van der Waals surface area contributed by atoms with Crippen LogP contribution in [0.1, 0.15) is 12.0 Å². The third-order valence-corrected chi connectivity index (χ3v) is 7.49. The molecule has 1 atom stereocenters. The van der Waals surface area contributed by atoms with Crippen molar-refractivity contribution < 1.29 is 17.6 Å². The molecule has 1 aromatic carbocycles. The number of nitrogens with zero attached hydrogens (tertiary/aromatic N) is 2. The number of sulfonamides is 1. The van der Waals surface area contributed by atoms with Crippen LogP contribution in [0.4, 0.5) is 4.39 Å². The minimum atomic E-state index is -3.86. The van der Waals surface area contributed by atoms with Gasteiger partial charge in [0.25, 0.3) is 10.0 Å². The van der Waals surface area contributed by atoms with E-state index >= 15 is 0 Å². The lowest BCUT2D eigenvalue weighted by Crippen LogP contribution is -2.41. The van der Waals surface area contributed by atoms with E-state index in [1.165, 1.54) is 24.3 Å². The molecule has 3 aromatic rings. The molecule has 1 aliphatic heterocycles. The summed E-state index contributed by atoms with van der Waals surface area (Å²) >= 11 is 0.984. The normalized spacial score (nSPS) is 17.7. The maximum absolute atomic E-state index is 13.3. The van der Waals surface area contributed by atoms with Gasteiger partial charge in [0.15, 0.2) is 0 Å². The smallest absolute Gasteiger partial charge is 0.250 e. The van der Waals surface area contributed by atoms with Gasteiger partial charge in [-0.2, -0.15) is 4.72 Å². The van der Waals surface area contributed by atoms with Crippen LogP contribution in [0.5, 0.6) is 0 Å². The topological polar surface area (TPSA) is 79.4 Å². The van der Waals surface area contributed by atoms with Crippen LogP contribution >= 0.6 is 11.3 Å². The van der Waals surface area contributed by atoms with Crippen LogP contribution in [0.25, 0.3) is 10.1 Å². The maximum Gasteiger partial charge on any atom is 0.250 e. The van der Waals surface area contributed by atoms with E-state index in [0.717, 1.165) is 16.9 Å². The van der Waals surface area contributed by atoms with Crippen molar-refractivity contribution in [2.24, 2.45) is 0 Å². The van der Waals surface area contributed by atoms with E-state index in [1.54, 1.807) is 17.3 Å². The summed E-state index contributed by atoms with van der Waals surface area (Å²) in [6.07, 6.45) is 3.71. The third-order valence-electron chi connectivity index (χ3n) is 4.44. The van der Waals surface area contributed by atoms with Crippen LogP contribution in [0.3, 0.4) is 0 Å². The number of thiophene rings is 1. The van der Waals surface area contributed by atoms with Crippen molar-refractivity contribution in [2.75, 3.05) is 6.54 Å². The second-order valence-electron chi connectivity index (χ2n) is 6.33. The fourth-order valence-corrected chi connectivity index (χ4v) is 5.74. The summed E-state index contributed by atoms with van der Waals surface area (Å²) in [7, 11) is -3.86. The van der Waals surface area contributed by atoms with Crippen LogP contribution in [-0.2, 0) is 21.4 Å². The van der Waals surface area contributed by atoms with Crippen LogP contribution in [0.15, 0.2) is 53.0 Å². The summed E-state index contributed by atoms with van der Waals surface area (Å²) < 4.78 is 41.8. The lowest BCUT2D eigenvalue weighted by molar-refractivity contribution is -0.129. The SMILES string of the molecule is O=C1[C@@H](NS(=O)(=O)c2cc3ccc(F)cc3s2)CCN1Cc1ccncc1. The van der Waals surface area contributed by atoms with Crippen molar-refractivity contribution in [1.29, 1.82) is 0 Å². The molecule has 1 aliphatic rings. The zero-order valence-electron chi connectivity index (χ0n) is 14.1. The Morgan fingerprint density at radius 1 is 1.22 bits per heavy atom. The number of rotatable bonds is 5. The highest BCUT2D eigenvalue weighted by atomic mass is 32.2. The number of halogens is 1. The van der Waals surface area contributed by atoms with Gasteiger partial charge in [-0.15, -0.1) is 11.3 Å². The molecule has 1 N–H and O–H groups in total. The van der Waals surface area contributed by atoms with Gasteiger partial charge in [0.05, 0.1) is 0 Å². The highest BCUT2D eigenvalue weighted by molar-refractivity contribution is 7.91. The van der Waals surface area contributed by atoms with Gasteiger partial charge in [-0.25, -0.2) is 12.8 Å². The number of hydrogen-bond acceptors (Lipinski definition) is 5. The van der Waals surface area contributed by atoms with E-state index in [-0.39, 0.29) is 10.1 Å². The lowest BCUT2D eigenvalue weighted by Gasteiger charge is -2.17. The minimum Gasteiger partial charge on any atom is -0.337 e. The number of likely N-dealkylation sites (tertiary alicyclic amines) is 1. The zero-order valence-corrected chi connectivity index (χ0v) is 15.8. The number of benzene rings is 1. The van der Waals surface area contributed by atoms with E-state index in [2.05, 4.69) is 9.71 Å². The van der Waals surface area contributed by atoms with Crippen LogP contribution in [-0.4, -0.2) is 36.8 Å². The Bertz CT molecular complexity index is 1100. The summed E-state index contributed by atoms with van der Waals surface area (Å²) in [6.45, 7) is 0.897. The molecule has 6 nitrogen and oxygen atoms in total. The fourth-order valence-electron chi connectivity index (χ4n) is 3.07. The molecule has 27 heavy (non-hydrogen) atoms. The van der Waals surface area contributed by atoms with Crippen molar-refractivity contribution in [2.45, 2.75) is 23.2 Å². The van der Waals surface area contributed by atoms with E-state index in [4.69, 9.17) is 0 Å². The second kappa shape index (κ2) is 6.99. The second-order valence-corrected chi connectivity index (χ2v) is 9.35. The molecule has 0 radical (unpaired) electrons. The number of nitrogens with one attached hydrogen (secondary N) is 1. The van der Waals surface area contributed by atoms with Gasteiger partial charge in [0, 0.05) is 30.2 Å². The van der Waals surface area contributed by atoms with E-state index in [1.807, 2.05) is 12.1 Å². The number of fused-ring (bicyclic) bond motifs is 1. The molecule has 1 fully saturated rings. The first-order chi connectivity index (χ1) is 12.9. The fraction of sp³-hybridized carbons (Fsp3) is 0.222. The Morgan fingerprint density at radius 2 is 2.00 bits per heavy atom. The third kappa shape index (κ3) is 3.71. The van der Waals surface area contributed by atoms with E-state index in [0.29, 0.717) is 29.6 Å². The maximum atomic E-state index is 13.3. The van der Waals surface area contributed by atoms with E-state index in [9.17, 15) is 17.6 Å². The van der Waals surface area contributed by atoms with Crippen molar-refractivity contribution in [3.8, 4) is 0 Å². The molecule has 1 amide bonds. The average Bonchev–Trinajstić information content (AvgIpc) is 3.21. The van der Waals surface area contributed by atoms with Gasteiger partial charge in [-0.1, -0.05) is 6.07 Å². The van der Waals surface area contributed by atoms with Crippen molar-refractivity contribution >= 4 is 37.4 Å². The van der Waals surface area contributed by atoms with Crippen LogP contribution in [0, 0.1) is 5.82 Å². The first kappa shape index (κ1) is 18.0. The molecule has 4 rings (SSSR count). The zero-order chi connectivity index (χ0) is 19.0. The Morgan fingerprint density at radius 3 is 2.78 bits per heavy atom. The van der Waals surface area contributed by atoms with Gasteiger partial charge in [-0.05, 0) is 47.7 Å². The van der Waals surface area contributed by atoms with Gasteiger partial charge in [0.2, 0.25) is 5.91 Å². The lowest BCUT2D eigenvalue weighted by atomic mass is 10.2. The number of hydrogen-bond donors (Lipinski definition) is 1. The molecule has 0 unspecified atom stereocenters. The average molecular weight is 405 g/mol. The quantitative estimate of drug-likeness (QED) is 0.707. The Kier molecular flexibility index (Phi) is 4.67. The van der Waals surface area contributed by atoms with Crippen LogP contribution < -0.4 is 4.72 Å². The van der Waals surface area contributed by atoms with Gasteiger partial charge in [0.1, 0.15) is 16.1 Å². The number of pyridine rings is 1. The van der Waals surface area contributed by atoms with Gasteiger partial charge >= 0.3 is 0 Å². The predicted molar refractivity (Wildman–Crippen MR) is 100 cm³/mol. The number of carbonyl (C=O) groups is 1. The summed E-state index contributed by atoms with van der Waals surface area (Å²) in [5.74, 6) is -0.665. The monoisotopic (exact) mass is 405 g/mol. The minimum absolute atomic E-state index is 0.0727. The predicted octanol–water partition coefficient (Wildman–Crippen LogP) is 2.51. The highest BCUT2D eigenvalue weighted by Crippen LogP contribution is 2.30. The number of amides is 1. The Balaban J connectivity index is 1.50. The summed E-state index contributed by atoms with van der Waals surface area (Å²) in [5, 5.41) is 0.652. The van der Waals surface area contributed by atoms with Gasteiger partial charge in [-0.3, -0.25) is 9.78 Å². The highest BCUT2D eigenvalue weighted by Gasteiger charge is 2.35. The Hall–Kier alpha value is -2.36. The molecule has 1 saturated heterocycles. The molecule has 0 spiro atoms. The molecule has 0 bridgehead atoms. The molecule has 9 heteroatoms.